The average molecular weight is 365 g/mol. The molecule has 3 aromatic carbocycles. The van der Waals surface area contributed by atoms with Crippen molar-refractivity contribution in [1.29, 1.82) is 0 Å². The van der Waals surface area contributed by atoms with E-state index in [9.17, 15) is 0 Å². The maximum Gasteiger partial charge on any atom is 0.119 e. The van der Waals surface area contributed by atoms with Crippen LogP contribution in [0.4, 0.5) is 0 Å². The molecule has 0 amide bonds. The van der Waals surface area contributed by atoms with Gasteiger partial charge in [-0.05, 0) is 47.9 Å². The molecular formula is C24H19N3O. The first kappa shape index (κ1) is 16.5. The molecule has 4 nitrogen and oxygen atoms in total. The number of aromatic nitrogens is 3. The molecule has 0 fully saturated rings. The third-order valence-corrected chi connectivity index (χ3v) is 5.01. The summed E-state index contributed by atoms with van der Waals surface area (Å²) < 4.78 is 7.28. The molecule has 0 aliphatic heterocycles. The van der Waals surface area contributed by atoms with Crippen molar-refractivity contribution >= 4 is 21.8 Å². The van der Waals surface area contributed by atoms with Crippen LogP contribution in [0.3, 0.4) is 0 Å². The van der Waals surface area contributed by atoms with Crippen molar-refractivity contribution in [2.75, 3.05) is 7.11 Å². The van der Waals surface area contributed by atoms with Crippen LogP contribution in [0.25, 0.3) is 27.5 Å². The number of methoxy groups -OCH3 is 1. The Kier molecular flexibility index (Phi) is 4.02. The van der Waals surface area contributed by atoms with Gasteiger partial charge in [0, 0.05) is 17.0 Å². The topological polar surface area (TPSA) is 39.9 Å². The molecule has 5 rings (SSSR count). The molecule has 0 unspecified atom stereocenters. The first-order valence-electron chi connectivity index (χ1n) is 9.25. The molecule has 4 heteroatoms. The highest BCUT2D eigenvalue weighted by molar-refractivity contribution is 6.04. The molecule has 136 valence electrons. The third kappa shape index (κ3) is 2.99. The molecule has 0 radical (unpaired) electrons. The molecule has 0 spiro atoms. The number of pyridine rings is 1. The Hall–Kier alpha value is -3.66. The summed E-state index contributed by atoms with van der Waals surface area (Å²) in [5.74, 6) is 0.819. The van der Waals surface area contributed by atoms with E-state index in [1.165, 1.54) is 11.1 Å². The Morgan fingerprint density at radius 2 is 1.61 bits per heavy atom. The van der Waals surface area contributed by atoms with Crippen LogP contribution in [0, 0.1) is 0 Å². The summed E-state index contributed by atoms with van der Waals surface area (Å²) in [6, 6.07) is 25.0. The second kappa shape index (κ2) is 6.82. The van der Waals surface area contributed by atoms with Gasteiger partial charge < -0.3 is 4.74 Å². The van der Waals surface area contributed by atoms with Gasteiger partial charge in [0.15, 0.2) is 0 Å². The zero-order valence-corrected chi connectivity index (χ0v) is 15.5. The smallest absolute Gasteiger partial charge is 0.119 e. The van der Waals surface area contributed by atoms with Crippen LogP contribution in [0.15, 0.2) is 85.2 Å². The summed E-state index contributed by atoms with van der Waals surface area (Å²) in [7, 11) is 1.68. The number of ether oxygens (including phenoxy) is 1. The fraction of sp³-hybridized carbons (Fsp3) is 0.0833. The molecule has 0 saturated carbocycles. The molecule has 2 aromatic heterocycles. The lowest BCUT2D eigenvalue weighted by atomic mass is 10.0. The predicted molar refractivity (Wildman–Crippen MR) is 112 cm³/mol. The molecule has 0 aliphatic carbocycles. The fourth-order valence-corrected chi connectivity index (χ4v) is 3.52. The van der Waals surface area contributed by atoms with Crippen LogP contribution in [0.5, 0.6) is 5.75 Å². The van der Waals surface area contributed by atoms with Gasteiger partial charge in [0.1, 0.15) is 11.3 Å². The van der Waals surface area contributed by atoms with Gasteiger partial charge in [-0.15, -0.1) is 0 Å². The average Bonchev–Trinajstić information content (AvgIpc) is 3.19. The van der Waals surface area contributed by atoms with E-state index >= 15 is 0 Å². The van der Waals surface area contributed by atoms with Gasteiger partial charge in [-0.2, -0.15) is 5.10 Å². The number of benzene rings is 3. The second-order valence-electron chi connectivity index (χ2n) is 6.84. The highest BCUT2D eigenvalue weighted by Gasteiger charge is 2.09. The van der Waals surface area contributed by atoms with E-state index in [0.717, 1.165) is 39.7 Å². The normalized spacial score (nSPS) is 11.2. The summed E-state index contributed by atoms with van der Waals surface area (Å²) in [4.78, 5) is 4.52. The first-order chi connectivity index (χ1) is 13.8. The lowest BCUT2D eigenvalue weighted by Gasteiger charge is -2.04. The number of nitrogens with zero attached hydrogens (tertiary/aromatic N) is 3. The first-order valence-corrected chi connectivity index (χ1v) is 9.25. The van der Waals surface area contributed by atoms with Crippen molar-refractivity contribution in [3.63, 3.8) is 0 Å². The van der Waals surface area contributed by atoms with Crippen molar-refractivity contribution in [2.45, 2.75) is 6.42 Å². The van der Waals surface area contributed by atoms with Gasteiger partial charge in [-0.25, -0.2) is 4.68 Å². The van der Waals surface area contributed by atoms with Gasteiger partial charge in [-0.3, -0.25) is 4.98 Å². The Labute approximate surface area is 163 Å². The highest BCUT2D eigenvalue weighted by atomic mass is 16.5. The molecule has 0 bridgehead atoms. The van der Waals surface area contributed by atoms with E-state index in [4.69, 9.17) is 9.84 Å². The molecule has 5 aromatic rings. The van der Waals surface area contributed by atoms with Crippen molar-refractivity contribution < 1.29 is 4.74 Å². The predicted octanol–water partition coefficient (Wildman–Crippen LogP) is 5.17. The monoisotopic (exact) mass is 365 g/mol. The zero-order valence-electron chi connectivity index (χ0n) is 15.5. The van der Waals surface area contributed by atoms with Crippen molar-refractivity contribution in [3.05, 3.63) is 96.3 Å². The maximum atomic E-state index is 5.37. The number of rotatable bonds is 4. The third-order valence-electron chi connectivity index (χ3n) is 5.01. The van der Waals surface area contributed by atoms with Crippen LogP contribution in [0.1, 0.15) is 11.1 Å². The molecule has 0 saturated heterocycles. The van der Waals surface area contributed by atoms with E-state index in [-0.39, 0.29) is 0 Å². The molecule has 0 N–H and O–H groups in total. The van der Waals surface area contributed by atoms with E-state index in [1.807, 2.05) is 35.1 Å². The van der Waals surface area contributed by atoms with Crippen LogP contribution < -0.4 is 4.74 Å². The van der Waals surface area contributed by atoms with Crippen molar-refractivity contribution in [3.8, 4) is 11.4 Å². The quantitative estimate of drug-likeness (QED) is 0.441. The fourth-order valence-electron chi connectivity index (χ4n) is 3.52. The van der Waals surface area contributed by atoms with Gasteiger partial charge in [0.25, 0.3) is 0 Å². The van der Waals surface area contributed by atoms with Crippen molar-refractivity contribution in [2.24, 2.45) is 0 Å². The lowest BCUT2D eigenvalue weighted by molar-refractivity contribution is 0.415. The summed E-state index contributed by atoms with van der Waals surface area (Å²) >= 11 is 0. The summed E-state index contributed by atoms with van der Waals surface area (Å²) in [6.45, 7) is 0. The van der Waals surface area contributed by atoms with Crippen LogP contribution in [-0.4, -0.2) is 21.9 Å². The molecule has 28 heavy (non-hydrogen) atoms. The Bertz CT molecular complexity index is 1260. The van der Waals surface area contributed by atoms with Crippen LogP contribution >= 0.6 is 0 Å². The minimum absolute atomic E-state index is 0.819. The SMILES string of the molecule is COc1ccc2ncc3nn(-c4ccc(Cc5ccccc5)cc4)cc3c2c1. The summed E-state index contributed by atoms with van der Waals surface area (Å²) in [6.07, 6.45) is 4.81. The van der Waals surface area contributed by atoms with Gasteiger partial charge in [-0.1, -0.05) is 42.5 Å². The van der Waals surface area contributed by atoms with E-state index < -0.39 is 0 Å². The van der Waals surface area contributed by atoms with E-state index in [2.05, 4.69) is 59.7 Å². The molecule has 0 aliphatic rings. The molecular weight excluding hydrogens is 346 g/mol. The lowest BCUT2D eigenvalue weighted by Crippen LogP contribution is -1.95. The van der Waals surface area contributed by atoms with Gasteiger partial charge in [0.2, 0.25) is 0 Å². The number of fused-ring (bicyclic) bond motifs is 3. The Morgan fingerprint density at radius 3 is 2.39 bits per heavy atom. The van der Waals surface area contributed by atoms with Crippen LogP contribution in [0.2, 0.25) is 0 Å². The highest BCUT2D eigenvalue weighted by Crippen LogP contribution is 2.27. The van der Waals surface area contributed by atoms with Crippen LogP contribution in [-0.2, 0) is 6.42 Å². The Morgan fingerprint density at radius 1 is 0.821 bits per heavy atom. The zero-order chi connectivity index (χ0) is 18.9. The van der Waals surface area contributed by atoms with E-state index in [1.54, 1.807) is 7.11 Å². The largest absolute Gasteiger partial charge is 0.497 e. The van der Waals surface area contributed by atoms with Gasteiger partial charge in [0.05, 0.1) is 24.5 Å². The minimum atomic E-state index is 0.819. The van der Waals surface area contributed by atoms with E-state index in [0.29, 0.717) is 0 Å². The summed E-state index contributed by atoms with van der Waals surface area (Å²) in [5, 5.41) is 6.83. The number of hydrogen-bond donors (Lipinski definition) is 0. The summed E-state index contributed by atoms with van der Waals surface area (Å²) in [5.41, 5.74) is 5.43. The van der Waals surface area contributed by atoms with Crippen molar-refractivity contribution in [1.82, 2.24) is 14.8 Å². The Balaban J connectivity index is 1.51. The minimum Gasteiger partial charge on any atom is -0.497 e. The number of hydrogen-bond acceptors (Lipinski definition) is 3. The molecule has 0 atom stereocenters. The maximum absolute atomic E-state index is 5.37. The standard InChI is InChI=1S/C24H19N3O/c1-28-20-11-12-23-21(14-20)22-16-27(26-24(22)15-25-23)19-9-7-18(8-10-19)13-17-5-3-2-4-6-17/h2-12,14-16H,13H2,1H3. The molecule has 2 heterocycles. The van der Waals surface area contributed by atoms with Gasteiger partial charge >= 0.3 is 0 Å². The second-order valence-corrected chi connectivity index (χ2v) is 6.84.